The van der Waals surface area contributed by atoms with E-state index in [1.165, 1.54) is 12.3 Å². The number of oxazole rings is 1. The molecule has 0 unspecified atom stereocenters. The topological polar surface area (TPSA) is 64.1 Å². The third-order valence-corrected chi connectivity index (χ3v) is 6.38. The van der Waals surface area contributed by atoms with Gasteiger partial charge in [0, 0.05) is 34.8 Å². The molecular formula is C28H20ClF4N3O2. The van der Waals surface area contributed by atoms with Crippen LogP contribution < -0.4 is 0 Å². The van der Waals surface area contributed by atoms with Gasteiger partial charge >= 0.3 is 6.18 Å². The largest absolute Gasteiger partial charge is 0.440 e. The minimum Gasteiger partial charge on any atom is -0.440 e. The van der Waals surface area contributed by atoms with Crippen molar-refractivity contribution in [3.8, 4) is 39.4 Å². The Morgan fingerprint density at radius 3 is 2.29 bits per heavy atom. The highest BCUT2D eigenvalue weighted by Crippen LogP contribution is 2.39. The van der Waals surface area contributed by atoms with Crippen LogP contribution in [0.1, 0.15) is 22.7 Å². The Hall–Kier alpha value is -3.95. The first kappa shape index (κ1) is 25.7. The molecule has 1 N–H and O–H groups in total. The molecule has 10 heteroatoms. The van der Waals surface area contributed by atoms with E-state index in [-0.39, 0.29) is 5.56 Å². The third-order valence-electron chi connectivity index (χ3n) is 6.13. The van der Waals surface area contributed by atoms with Crippen molar-refractivity contribution in [2.75, 3.05) is 0 Å². The second-order valence-corrected chi connectivity index (χ2v) is 9.14. The molecule has 5 nitrogen and oxygen atoms in total. The van der Waals surface area contributed by atoms with Crippen LogP contribution in [0, 0.1) is 19.7 Å². The van der Waals surface area contributed by atoms with Crippen LogP contribution in [0.3, 0.4) is 0 Å². The number of aromatic nitrogens is 3. The number of hydrogen-bond donors (Lipinski definition) is 1. The van der Waals surface area contributed by atoms with Crippen molar-refractivity contribution in [3.63, 3.8) is 0 Å². The summed E-state index contributed by atoms with van der Waals surface area (Å²) in [5.74, 6) is 0.167. The summed E-state index contributed by atoms with van der Waals surface area (Å²) in [6, 6.07) is 15.8. The smallest absolute Gasteiger partial charge is 0.435 e. The van der Waals surface area contributed by atoms with Crippen LogP contribution in [0.15, 0.2) is 71.3 Å². The van der Waals surface area contributed by atoms with E-state index in [0.29, 0.717) is 55.9 Å². The van der Waals surface area contributed by atoms with Gasteiger partial charge in [-0.3, -0.25) is 0 Å². The van der Waals surface area contributed by atoms with Gasteiger partial charge < -0.3 is 9.52 Å². The Balaban J connectivity index is 1.74. The Bertz CT molecular complexity index is 1620. The Morgan fingerprint density at radius 2 is 1.66 bits per heavy atom. The molecule has 0 radical (unpaired) electrons. The monoisotopic (exact) mass is 541 g/mol. The molecular weight excluding hydrogens is 522 g/mol. The summed E-state index contributed by atoms with van der Waals surface area (Å²) in [4.78, 5) is 4.55. The van der Waals surface area contributed by atoms with Gasteiger partial charge in [-0.2, -0.15) is 18.3 Å². The zero-order valence-corrected chi connectivity index (χ0v) is 20.9. The van der Waals surface area contributed by atoms with Gasteiger partial charge in [-0.1, -0.05) is 23.7 Å². The fraction of sp³-hybridized carbons (Fsp3) is 0.143. The molecule has 0 aliphatic carbocycles. The second-order valence-electron chi connectivity index (χ2n) is 8.70. The molecule has 2 heterocycles. The fourth-order valence-corrected chi connectivity index (χ4v) is 4.39. The summed E-state index contributed by atoms with van der Waals surface area (Å²) in [6.07, 6.45) is -3.40. The minimum absolute atomic E-state index is 0.193. The van der Waals surface area contributed by atoms with Gasteiger partial charge in [-0.05, 0) is 72.1 Å². The van der Waals surface area contributed by atoms with Crippen LogP contribution >= 0.6 is 11.6 Å². The maximum atomic E-state index is 14.7. The first-order valence-corrected chi connectivity index (χ1v) is 11.8. The Morgan fingerprint density at radius 1 is 0.947 bits per heavy atom. The van der Waals surface area contributed by atoms with E-state index in [1.54, 1.807) is 62.4 Å². The zero-order valence-electron chi connectivity index (χ0n) is 20.1. The SMILES string of the molecule is Cc1nc(-c2cc(-c3cc(C)c(CO)c(F)c3)ccc2-n2ccc(C(F)(F)F)n2)c(-c2ccc(Cl)cc2)o1. The van der Waals surface area contributed by atoms with Gasteiger partial charge in [0.05, 0.1) is 12.3 Å². The standard InChI is InChI=1S/C28H20ClF4N3O2/c1-15-11-19(13-23(30)22(15)14-37)18-5-8-24(36-10-9-25(35-36)28(31,32)33)21(12-18)26-27(38-16(2)34-26)17-3-6-20(29)7-4-17/h3-13,37H,14H2,1-2H3. The third kappa shape index (κ3) is 4.82. The van der Waals surface area contributed by atoms with Crippen molar-refractivity contribution in [1.29, 1.82) is 0 Å². The molecule has 3 aromatic carbocycles. The number of aliphatic hydroxyl groups excluding tert-OH is 1. The molecule has 0 saturated carbocycles. The zero-order chi connectivity index (χ0) is 27.2. The molecule has 0 atom stereocenters. The summed E-state index contributed by atoms with van der Waals surface area (Å²) in [6.45, 7) is 2.91. The minimum atomic E-state index is -4.62. The predicted octanol–water partition coefficient (Wildman–Crippen LogP) is 7.78. The van der Waals surface area contributed by atoms with Gasteiger partial charge in [0.2, 0.25) is 0 Å². The molecule has 0 amide bonds. The predicted molar refractivity (Wildman–Crippen MR) is 135 cm³/mol. The molecule has 5 rings (SSSR count). The number of halogens is 5. The van der Waals surface area contributed by atoms with E-state index in [2.05, 4.69) is 10.1 Å². The normalized spacial score (nSPS) is 11.8. The number of hydrogen-bond acceptors (Lipinski definition) is 4. The molecule has 194 valence electrons. The Kier molecular flexibility index (Phi) is 6.58. The van der Waals surface area contributed by atoms with E-state index >= 15 is 0 Å². The number of benzene rings is 3. The van der Waals surface area contributed by atoms with E-state index < -0.39 is 24.3 Å². The summed E-state index contributed by atoms with van der Waals surface area (Å²) in [5.41, 5.74) is 2.59. The lowest BCUT2D eigenvalue weighted by molar-refractivity contribution is -0.141. The molecule has 38 heavy (non-hydrogen) atoms. The molecule has 0 aliphatic rings. The molecule has 2 aromatic heterocycles. The van der Waals surface area contributed by atoms with Gasteiger partial charge in [-0.15, -0.1) is 0 Å². The Labute approximate surface area is 220 Å². The van der Waals surface area contributed by atoms with Gasteiger partial charge in [-0.25, -0.2) is 14.1 Å². The van der Waals surface area contributed by atoms with E-state index in [9.17, 15) is 22.7 Å². The summed E-state index contributed by atoms with van der Waals surface area (Å²) in [7, 11) is 0. The van der Waals surface area contributed by atoms with E-state index in [0.717, 1.165) is 10.7 Å². The van der Waals surface area contributed by atoms with E-state index in [4.69, 9.17) is 16.0 Å². The van der Waals surface area contributed by atoms with Gasteiger partial charge in [0.25, 0.3) is 0 Å². The highest BCUT2D eigenvalue weighted by Gasteiger charge is 2.34. The lowest BCUT2D eigenvalue weighted by Crippen LogP contribution is -2.07. The first-order chi connectivity index (χ1) is 18.0. The van der Waals surface area contributed by atoms with Crippen LogP contribution in [0.4, 0.5) is 17.6 Å². The average Bonchev–Trinajstić information content (AvgIpc) is 3.51. The van der Waals surface area contributed by atoms with Crippen molar-refractivity contribution in [2.45, 2.75) is 26.6 Å². The quantitative estimate of drug-likeness (QED) is 0.231. The lowest BCUT2D eigenvalue weighted by Gasteiger charge is -2.14. The van der Waals surface area contributed by atoms with Crippen molar-refractivity contribution in [2.24, 2.45) is 0 Å². The number of alkyl halides is 3. The fourth-order valence-electron chi connectivity index (χ4n) is 4.26. The number of aliphatic hydroxyl groups is 1. The van der Waals surface area contributed by atoms with Crippen LogP contribution in [0.5, 0.6) is 0 Å². The summed E-state index contributed by atoms with van der Waals surface area (Å²) < 4.78 is 61.7. The highest BCUT2D eigenvalue weighted by atomic mass is 35.5. The molecule has 0 bridgehead atoms. The highest BCUT2D eigenvalue weighted by molar-refractivity contribution is 6.30. The van der Waals surface area contributed by atoms with Gasteiger partial charge in [0.1, 0.15) is 11.5 Å². The summed E-state index contributed by atoms with van der Waals surface area (Å²) >= 11 is 6.05. The maximum Gasteiger partial charge on any atom is 0.435 e. The number of rotatable bonds is 5. The van der Waals surface area contributed by atoms with Crippen molar-refractivity contribution >= 4 is 11.6 Å². The molecule has 0 fully saturated rings. The lowest BCUT2D eigenvalue weighted by atomic mass is 9.95. The number of nitrogens with zero attached hydrogens (tertiary/aromatic N) is 3. The number of aryl methyl sites for hydroxylation is 2. The first-order valence-electron chi connectivity index (χ1n) is 11.5. The average molecular weight is 542 g/mol. The van der Waals surface area contributed by atoms with Crippen molar-refractivity contribution < 1.29 is 27.1 Å². The summed E-state index contributed by atoms with van der Waals surface area (Å²) in [5, 5.41) is 13.7. The molecule has 0 aliphatic heterocycles. The van der Waals surface area contributed by atoms with Crippen molar-refractivity contribution in [1.82, 2.24) is 14.8 Å². The molecule has 5 aromatic rings. The maximum absolute atomic E-state index is 14.7. The molecule has 0 spiro atoms. The van der Waals surface area contributed by atoms with E-state index in [1.807, 2.05) is 0 Å². The van der Waals surface area contributed by atoms with Crippen LogP contribution in [0.25, 0.3) is 39.4 Å². The van der Waals surface area contributed by atoms with Crippen LogP contribution in [0.2, 0.25) is 5.02 Å². The van der Waals surface area contributed by atoms with Gasteiger partial charge in [0.15, 0.2) is 17.3 Å². The van der Waals surface area contributed by atoms with Crippen LogP contribution in [-0.4, -0.2) is 19.9 Å². The van der Waals surface area contributed by atoms with Crippen LogP contribution in [-0.2, 0) is 12.8 Å². The second kappa shape index (κ2) is 9.74. The molecule has 0 saturated heterocycles. The van der Waals surface area contributed by atoms with Crippen molar-refractivity contribution in [3.05, 3.63) is 100 Å².